The van der Waals surface area contributed by atoms with Crippen LogP contribution in [0.5, 0.6) is 11.5 Å². The summed E-state index contributed by atoms with van der Waals surface area (Å²) in [4.78, 5) is 13.1. The second-order valence-electron chi connectivity index (χ2n) is 6.34. The van der Waals surface area contributed by atoms with Crippen LogP contribution in [0.4, 0.5) is 0 Å². The Morgan fingerprint density at radius 3 is 1.71 bits per heavy atom. The molecule has 0 saturated heterocycles. The summed E-state index contributed by atoms with van der Waals surface area (Å²) >= 11 is 0. The van der Waals surface area contributed by atoms with Crippen molar-refractivity contribution in [1.82, 2.24) is 5.32 Å². The molecule has 0 aliphatic heterocycles. The van der Waals surface area contributed by atoms with Crippen LogP contribution in [-0.4, -0.2) is 25.2 Å². The lowest BCUT2D eigenvalue weighted by atomic mass is 9.85. The molecule has 28 heavy (non-hydrogen) atoms. The molecule has 0 atom stereocenters. The van der Waals surface area contributed by atoms with Gasteiger partial charge in [-0.1, -0.05) is 54.6 Å². The van der Waals surface area contributed by atoms with E-state index in [1.807, 2.05) is 30.3 Å². The first kappa shape index (κ1) is 19.5. The van der Waals surface area contributed by atoms with Crippen molar-refractivity contribution < 1.29 is 19.4 Å². The van der Waals surface area contributed by atoms with Crippen LogP contribution in [0.3, 0.4) is 0 Å². The Balaban J connectivity index is 1.95. The number of benzene rings is 3. The number of hydrogen-bond acceptors (Lipinski definition) is 4. The van der Waals surface area contributed by atoms with E-state index in [9.17, 15) is 9.90 Å². The van der Waals surface area contributed by atoms with Crippen molar-refractivity contribution in [1.29, 1.82) is 0 Å². The number of ether oxygens (including phenoxy) is 2. The molecule has 3 aromatic carbocycles. The molecule has 3 aromatic rings. The molecule has 144 valence electrons. The minimum atomic E-state index is -1.85. The highest BCUT2D eigenvalue weighted by atomic mass is 16.5. The van der Waals surface area contributed by atoms with E-state index in [4.69, 9.17) is 9.47 Å². The van der Waals surface area contributed by atoms with Crippen LogP contribution in [0.25, 0.3) is 0 Å². The van der Waals surface area contributed by atoms with Crippen LogP contribution in [0.2, 0.25) is 0 Å². The Hall–Kier alpha value is -3.31. The first-order chi connectivity index (χ1) is 13.6. The molecule has 1 amide bonds. The number of rotatable bonds is 7. The molecule has 5 nitrogen and oxygen atoms in total. The zero-order valence-corrected chi connectivity index (χ0v) is 15.9. The summed E-state index contributed by atoms with van der Waals surface area (Å²) in [6, 6.07) is 23.2. The summed E-state index contributed by atoms with van der Waals surface area (Å²) in [6.45, 7) is 0.314. The molecule has 0 aliphatic rings. The van der Waals surface area contributed by atoms with Crippen LogP contribution >= 0.6 is 0 Å². The summed E-state index contributed by atoms with van der Waals surface area (Å²) in [6.07, 6.45) is 0. The van der Waals surface area contributed by atoms with Crippen molar-refractivity contribution in [3.63, 3.8) is 0 Å². The van der Waals surface area contributed by atoms with E-state index >= 15 is 0 Å². The van der Waals surface area contributed by atoms with Crippen molar-refractivity contribution in [2.45, 2.75) is 12.1 Å². The molecule has 0 aliphatic carbocycles. The SMILES string of the molecule is COc1ccc(C(O)(C(=O)NCc2ccccc2)c2ccc(OC)cc2)cc1. The molecule has 0 fully saturated rings. The zero-order valence-electron chi connectivity index (χ0n) is 15.9. The average Bonchev–Trinajstić information content (AvgIpc) is 2.77. The van der Waals surface area contributed by atoms with Gasteiger partial charge in [0.25, 0.3) is 5.91 Å². The van der Waals surface area contributed by atoms with Crippen molar-refractivity contribution in [3.8, 4) is 11.5 Å². The van der Waals surface area contributed by atoms with Crippen molar-refractivity contribution >= 4 is 5.91 Å². The molecule has 5 heteroatoms. The molecule has 0 saturated carbocycles. The third kappa shape index (κ3) is 4.00. The van der Waals surface area contributed by atoms with E-state index in [2.05, 4.69) is 5.32 Å². The van der Waals surface area contributed by atoms with Gasteiger partial charge in [0, 0.05) is 6.54 Å². The number of aliphatic hydroxyl groups is 1. The quantitative estimate of drug-likeness (QED) is 0.663. The Bertz CT molecular complexity index is 858. The van der Waals surface area contributed by atoms with Crippen LogP contribution in [0.1, 0.15) is 16.7 Å². The van der Waals surface area contributed by atoms with Crippen molar-refractivity contribution in [2.75, 3.05) is 14.2 Å². The molecule has 0 heterocycles. The fourth-order valence-electron chi connectivity index (χ4n) is 3.00. The molecule has 0 spiro atoms. The van der Waals surface area contributed by atoms with Crippen molar-refractivity contribution in [2.24, 2.45) is 0 Å². The predicted octanol–water partition coefficient (Wildman–Crippen LogP) is 3.26. The molecule has 3 rings (SSSR count). The van der Waals surface area contributed by atoms with Gasteiger partial charge in [-0.3, -0.25) is 4.79 Å². The Labute approximate surface area is 164 Å². The van der Waals surface area contributed by atoms with E-state index in [1.165, 1.54) is 0 Å². The maximum absolute atomic E-state index is 13.1. The van der Waals surface area contributed by atoms with E-state index in [0.29, 0.717) is 29.2 Å². The second-order valence-corrected chi connectivity index (χ2v) is 6.34. The summed E-state index contributed by atoms with van der Waals surface area (Å²) in [5.41, 5.74) is -0.0106. The lowest BCUT2D eigenvalue weighted by molar-refractivity contribution is -0.136. The zero-order chi connectivity index (χ0) is 20.0. The highest BCUT2D eigenvalue weighted by molar-refractivity contribution is 5.90. The smallest absolute Gasteiger partial charge is 0.261 e. The molecule has 0 unspecified atom stereocenters. The Kier molecular flexibility index (Phi) is 5.96. The molecular weight excluding hydrogens is 354 g/mol. The van der Waals surface area contributed by atoms with Crippen LogP contribution < -0.4 is 14.8 Å². The van der Waals surface area contributed by atoms with Gasteiger partial charge in [-0.2, -0.15) is 0 Å². The van der Waals surface area contributed by atoms with Gasteiger partial charge in [0.15, 0.2) is 5.60 Å². The number of hydrogen-bond donors (Lipinski definition) is 2. The van der Waals surface area contributed by atoms with Gasteiger partial charge in [-0.25, -0.2) is 0 Å². The Morgan fingerprint density at radius 1 is 0.821 bits per heavy atom. The third-order valence-electron chi connectivity index (χ3n) is 4.64. The monoisotopic (exact) mass is 377 g/mol. The number of carbonyl (C=O) groups excluding carboxylic acids is 1. The second kappa shape index (κ2) is 8.59. The molecule has 0 bridgehead atoms. The van der Waals surface area contributed by atoms with Gasteiger partial charge in [0.2, 0.25) is 0 Å². The fraction of sp³-hybridized carbons (Fsp3) is 0.174. The highest BCUT2D eigenvalue weighted by Crippen LogP contribution is 2.32. The topological polar surface area (TPSA) is 67.8 Å². The maximum atomic E-state index is 13.1. The van der Waals surface area contributed by atoms with Crippen LogP contribution in [-0.2, 0) is 16.9 Å². The minimum absolute atomic E-state index is 0.314. The summed E-state index contributed by atoms with van der Waals surface area (Å²) in [7, 11) is 3.13. The van der Waals surface area contributed by atoms with Gasteiger partial charge in [0.1, 0.15) is 11.5 Å². The van der Waals surface area contributed by atoms with Gasteiger partial charge in [-0.15, -0.1) is 0 Å². The number of carbonyl (C=O) groups is 1. The molecule has 0 aromatic heterocycles. The van der Waals surface area contributed by atoms with Gasteiger partial charge in [-0.05, 0) is 41.0 Å². The number of amides is 1. The number of methoxy groups -OCH3 is 2. The van der Waals surface area contributed by atoms with Gasteiger partial charge in [0.05, 0.1) is 14.2 Å². The summed E-state index contributed by atoms with van der Waals surface area (Å²) in [5, 5.41) is 14.4. The first-order valence-electron chi connectivity index (χ1n) is 8.91. The van der Waals surface area contributed by atoms with Crippen molar-refractivity contribution in [3.05, 3.63) is 95.6 Å². The summed E-state index contributed by atoms with van der Waals surface area (Å²) in [5.74, 6) is 0.780. The lowest BCUT2D eigenvalue weighted by Gasteiger charge is -2.28. The lowest BCUT2D eigenvalue weighted by Crippen LogP contribution is -2.45. The van der Waals surface area contributed by atoms with E-state index in [-0.39, 0.29) is 0 Å². The first-order valence-corrected chi connectivity index (χ1v) is 8.91. The standard InChI is InChI=1S/C23H23NO4/c1-27-20-12-8-18(9-13-20)23(26,19-10-14-21(28-2)15-11-19)22(25)24-16-17-6-4-3-5-7-17/h3-15,26H,16H2,1-2H3,(H,24,25). The van der Waals surface area contributed by atoms with E-state index in [0.717, 1.165) is 5.56 Å². The van der Waals surface area contributed by atoms with Crippen LogP contribution in [0.15, 0.2) is 78.9 Å². The predicted molar refractivity (Wildman–Crippen MR) is 107 cm³/mol. The summed E-state index contributed by atoms with van der Waals surface area (Å²) < 4.78 is 10.4. The van der Waals surface area contributed by atoms with E-state index < -0.39 is 11.5 Å². The third-order valence-corrected chi connectivity index (χ3v) is 4.64. The fourth-order valence-corrected chi connectivity index (χ4v) is 3.00. The molecule has 2 N–H and O–H groups in total. The Morgan fingerprint density at radius 2 is 1.29 bits per heavy atom. The highest BCUT2D eigenvalue weighted by Gasteiger charge is 2.40. The normalized spacial score (nSPS) is 11.0. The average molecular weight is 377 g/mol. The van der Waals surface area contributed by atoms with Crippen LogP contribution in [0, 0.1) is 0 Å². The van der Waals surface area contributed by atoms with Gasteiger partial charge >= 0.3 is 0 Å². The molecular formula is C23H23NO4. The molecule has 0 radical (unpaired) electrons. The van der Waals surface area contributed by atoms with Gasteiger partial charge < -0.3 is 19.9 Å². The largest absolute Gasteiger partial charge is 0.497 e. The number of nitrogens with one attached hydrogen (secondary N) is 1. The van der Waals surface area contributed by atoms with E-state index in [1.54, 1.807) is 62.8 Å². The minimum Gasteiger partial charge on any atom is -0.497 e. The maximum Gasteiger partial charge on any atom is 0.261 e.